The Morgan fingerprint density at radius 3 is 2.54 bits per heavy atom. The van der Waals surface area contributed by atoms with E-state index in [1.165, 1.54) is 31.4 Å². The van der Waals surface area contributed by atoms with Gasteiger partial charge in [-0.1, -0.05) is 0 Å². The number of benzene rings is 1. The molecule has 1 saturated heterocycles. The Morgan fingerprint density at radius 2 is 2.04 bits per heavy atom. The summed E-state index contributed by atoms with van der Waals surface area (Å²) in [6, 6.07) is 5.19. The SMILES string of the molecule is COC(=O)N1CC(=O)[C@H]([C@@H](O)c2ccc([N+](=O)[O-])cc2)OC1(C)C. The zero-order valence-corrected chi connectivity index (χ0v) is 13.5. The van der Waals surface area contributed by atoms with Crippen molar-refractivity contribution in [1.82, 2.24) is 4.90 Å². The Hall–Kier alpha value is -2.52. The zero-order chi connectivity index (χ0) is 18.1. The smallest absolute Gasteiger partial charge is 0.412 e. The Labute approximate surface area is 137 Å². The maximum atomic E-state index is 12.3. The van der Waals surface area contributed by atoms with E-state index in [-0.39, 0.29) is 12.2 Å². The summed E-state index contributed by atoms with van der Waals surface area (Å²) in [7, 11) is 1.20. The van der Waals surface area contributed by atoms with Crippen LogP contribution < -0.4 is 0 Å². The molecule has 0 unspecified atom stereocenters. The average molecular weight is 338 g/mol. The molecule has 2 rings (SSSR count). The average Bonchev–Trinajstić information content (AvgIpc) is 2.55. The normalized spacial score (nSPS) is 21.2. The Kier molecular flexibility index (Phi) is 4.86. The van der Waals surface area contributed by atoms with Crippen LogP contribution in [0.4, 0.5) is 10.5 Å². The highest BCUT2D eigenvalue weighted by molar-refractivity contribution is 5.89. The molecule has 1 amide bonds. The van der Waals surface area contributed by atoms with Crippen molar-refractivity contribution < 1.29 is 29.1 Å². The molecule has 2 atom stereocenters. The molecule has 0 saturated carbocycles. The van der Waals surface area contributed by atoms with Gasteiger partial charge in [0.2, 0.25) is 0 Å². The molecule has 1 aliphatic rings. The van der Waals surface area contributed by atoms with Crippen molar-refractivity contribution in [3.63, 3.8) is 0 Å². The molecule has 1 fully saturated rings. The van der Waals surface area contributed by atoms with Gasteiger partial charge in [-0.15, -0.1) is 0 Å². The van der Waals surface area contributed by atoms with E-state index in [1.807, 2.05) is 0 Å². The van der Waals surface area contributed by atoms with Gasteiger partial charge < -0.3 is 14.6 Å². The topological polar surface area (TPSA) is 119 Å². The van der Waals surface area contributed by atoms with Crippen LogP contribution in [-0.4, -0.2) is 52.3 Å². The van der Waals surface area contributed by atoms with E-state index in [2.05, 4.69) is 4.74 Å². The van der Waals surface area contributed by atoms with Crippen LogP contribution in [0.2, 0.25) is 0 Å². The highest BCUT2D eigenvalue weighted by Crippen LogP contribution is 2.31. The van der Waals surface area contributed by atoms with Crippen LogP contribution in [0.3, 0.4) is 0 Å². The molecular weight excluding hydrogens is 320 g/mol. The van der Waals surface area contributed by atoms with Gasteiger partial charge in [0, 0.05) is 12.1 Å². The molecule has 1 heterocycles. The van der Waals surface area contributed by atoms with Crippen LogP contribution in [0.25, 0.3) is 0 Å². The summed E-state index contributed by atoms with van der Waals surface area (Å²) in [5.41, 5.74) is -0.978. The van der Waals surface area contributed by atoms with Gasteiger partial charge >= 0.3 is 6.09 Å². The molecule has 0 aliphatic carbocycles. The van der Waals surface area contributed by atoms with Gasteiger partial charge in [0.15, 0.2) is 11.9 Å². The predicted molar refractivity (Wildman–Crippen MR) is 81.1 cm³/mol. The molecule has 24 heavy (non-hydrogen) atoms. The third-order valence-corrected chi connectivity index (χ3v) is 3.82. The van der Waals surface area contributed by atoms with E-state index >= 15 is 0 Å². The Bertz CT molecular complexity index is 656. The van der Waals surface area contributed by atoms with Crippen molar-refractivity contribution in [3.05, 3.63) is 39.9 Å². The lowest BCUT2D eigenvalue weighted by molar-refractivity contribution is -0.384. The first-order valence-electron chi connectivity index (χ1n) is 7.16. The number of aliphatic hydroxyl groups excluding tert-OH is 1. The van der Waals surface area contributed by atoms with Crippen molar-refractivity contribution >= 4 is 17.6 Å². The number of nitro groups is 1. The number of Topliss-reactive ketones (excluding diaryl/α,β-unsaturated/α-hetero) is 1. The van der Waals surface area contributed by atoms with Gasteiger partial charge in [0.05, 0.1) is 18.6 Å². The largest absolute Gasteiger partial charge is 0.453 e. The summed E-state index contributed by atoms with van der Waals surface area (Å²) >= 11 is 0. The molecular formula is C15H18N2O7. The molecule has 1 aliphatic heterocycles. The minimum atomic E-state index is -1.31. The number of hydrogen-bond acceptors (Lipinski definition) is 7. The fourth-order valence-corrected chi connectivity index (χ4v) is 2.48. The number of rotatable bonds is 3. The molecule has 0 radical (unpaired) electrons. The molecule has 0 spiro atoms. The first kappa shape index (κ1) is 17.8. The lowest BCUT2D eigenvalue weighted by atomic mass is 9.98. The second kappa shape index (κ2) is 6.54. The van der Waals surface area contributed by atoms with E-state index in [0.717, 1.165) is 4.90 Å². The van der Waals surface area contributed by atoms with Crippen molar-refractivity contribution in [2.45, 2.75) is 31.8 Å². The lowest BCUT2D eigenvalue weighted by Crippen LogP contribution is -2.61. The number of amides is 1. The first-order valence-corrected chi connectivity index (χ1v) is 7.16. The van der Waals surface area contributed by atoms with Crippen LogP contribution in [0.15, 0.2) is 24.3 Å². The highest BCUT2D eigenvalue weighted by Gasteiger charge is 2.46. The van der Waals surface area contributed by atoms with Gasteiger partial charge in [0.1, 0.15) is 11.8 Å². The summed E-state index contributed by atoms with van der Waals surface area (Å²) in [4.78, 5) is 35.2. The standard InChI is InChI=1S/C15H18N2O7/c1-15(2)16(14(20)23-3)8-11(18)13(24-15)12(19)9-4-6-10(7-5-9)17(21)22/h4-7,12-13,19H,8H2,1-3H3/t12-,13+/m0/s1. The number of ether oxygens (including phenoxy) is 2. The van der Waals surface area contributed by atoms with Gasteiger partial charge in [0.25, 0.3) is 5.69 Å². The number of nitro benzene ring substituents is 1. The number of carbonyl (C=O) groups excluding carboxylic acids is 2. The predicted octanol–water partition coefficient (Wildman–Crippen LogP) is 1.40. The van der Waals surface area contributed by atoms with Crippen LogP contribution in [-0.2, 0) is 14.3 Å². The van der Waals surface area contributed by atoms with Crippen molar-refractivity contribution in [1.29, 1.82) is 0 Å². The molecule has 9 heteroatoms. The van der Waals surface area contributed by atoms with Crippen LogP contribution in [0.1, 0.15) is 25.5 Å². The van der Waals surface area contributed by atoms with E-state index in [9.17, 15) is 24.8 Å². The molecule has 1 aromatic carbocycles. The second-order valence-electron chi connectivity index (χ2n) is 5.80. The number of nitrogens with zero attached hydrogens (tertiary/aromatic N) is 2. The summed E-state index contributed by atoms with van der Waals surface area (Å²) in [5, 5.41) is 21.1. The van der Waals surface area contributed by atoms with Crippen molar-refractivity contribution in [2.75, 3.05) is 13.7 Å². The number of non-ortho nitro benzene ring substituents is 1. The van der Waals surface area contributed by atoms with Gasteiger partial charge in [-0.2, -0.15) is 0 Å². The maximum Gasteiger partial charge on any atom is 0.412 e. The minimum absolute atomic E-state index is 0.126. The van der Waals surface area contributed by atoms with Crippen molar-refractivity contribution in [2.24, 2.45) is 0 Å². The van der Waals surface area contributed by atoms with Crippen LogP contribution in [0, 0.1) is 10.1 Å². The molecule has 1 aromatic rings. The molecule has 1 N–H and O–H groups in total. The summed E-state index contributed by atoms with van der Waals surface area (Å²) in [5.74, 6) is -0.495. The summed E-state index contributed by atoms with van der Waals surface area (Å²) < 4.78 is 10.2. The third kappa shape index (κ3) is 3.36. The fourth-order valence-electron chi connectivity index (χ4n) is 2.48. The van der Waals surface area contributed by atoms with E-state index in [4.69, 9.17) is 4.74 Å². The van der Waals surface area contributed by atoms with E-state index in [0.29, 0.717) is 5.56 Å². The molecule has 0 bridgehead atoms. The third-order valence-electron chi connectivity index (χ3n) is 3.82. The number of methoxy groups -OCH3 is 1. The van der Waals surface area contributed by atoms with Crippen LogP contribution >= 0.6 is 0 Å². The van der Waals surface area contributed by atoms with E-state index in [1.54, 1.807) is 13.8 Å². The number of aliphatic hydroxyl groups is 1. The van der Waals surface area contributed by atoms with Crippen LogP contribution in [0.5, 0.6) is 0 Å². The van der Waals surface area contributed by atoms with Crippen molar-refractivity contribution in [3.8, 4) is 0 Å². The highest BCUT2D eigenvalue weighted by atomic mass is 16.6. The lowest BCUT2D eigenvalue weighted by Gasteiger charge is -2.44. The van der Waals surface area contributed by atoms with Gasteiger partial charge in [-0.05, 0) is 31.5 Å². The monoisotopic (exact) mass is 338 g/mol. The summed E-state index contributed by atoms with van der Waals surface area (Å²) in [6.45, 7) is 2.88. The fraction of sp³-hybridized carbons (Fsp3) is 0.467. The zero-order valence-electron chi connectivity index (χ0n) is 13.5. The first-order chi connectivity index (χ1) is 11.2. The molecule has 0 aromatic heterocycles. The maximum absolute atomic E-state index is 12.3. The second-order valence-corrected chi connectivity index (χ2v) is 5.80. The van der Waals surface area contributed by atoms with Gasteiger partial charge in [-0.25, -0.2) is 4.79 Å². The Balaban J connectivity index is 2.21. The number of hydrogen-bond donors (Lipinski definition) is 1. The number of carbonyl (C=O) groups is 2. The Morgan fingerprint density at radius 1 is 1.46 bits per heavy atom. The molecule has 130 valence electrons. The minimum Gasteiger partial charge on any atom is -0.453 e. The number of ketones is 1. The molecule has 9 nitrogen and oxygen atoms in total. The quantitative estimate of drug-likeness (QED) is 0.653. The van der Waals surface area contributed by atoms with Gasteiger partial charge in [-0.3, -0.25) is 19.8 Å². The summed E-state index contributed by atoms with van der Waals surface area (Å²) in [6.07, 6.45) is -3.21. The van der Waals surface area contributed by atoms with E-state index < -0.39 is 34.7 Å².